The predicted octanol–water partition coefficient (Wildman–Crippen LogP) is 2.86. The maximum atomic E-state index is 5.72. The van der Waals surface area contributed by atoms with Gasteiger partial charge in [-0.05, 0) is 44.1 Å². The normalized spacial score (nSPS) is 26.1. The fourth-order valence-electron chi connectivity index (χ4n) is 3.28. The summed E-state index contributed by atoms with van der Waals surface area (Å²) in [5, 5.41) is 3.66. The molecule has 0 spiro atoms. The minimum absolute atomic E-state index is 0.656. The van der Waals surface area contributed by atoms with Crippen LogP contribution in [-0.2, 0) is 14.2 Å². The minimum atomic E-state index is 0.656. The Kier molecular flexibility index (Phi) is 11.1. The molecule has 4 heteroatoms. The largest absolute Gasteiger partial charge is 0.382 e. The Balaban J connectivity index is 2.11. The van der Waals surface area contributed by atoms with Crippen molar-refractivity contribution in [1.29, 1.82) is 0 Å². The molecule has 1 saturated carbocycles. The number of methoxy groups -OCH3 is 1. The second kappa shape index (κ2) is 12.4. The van der Waals surface area contributed by atoms with Crippen LogP contribution in [0.15, 0.2) is 0 Å². The molecule has 0 bridgehead atoms. The van der Waals surface area contributed by atoms with Crippen LogP contribution in [-0.4, -0.2) is 52.7 Å². The molecule has 4 nitrogen and oxygen atoms in total. The number of ether oxygens (including phenoxy) is 3. The molecule has 1 aliphatic carbocycles. The van der Waals surface area contributed by atoms with Crippen molar-refractivity contribution in [3.63, 3.8) is 0 Å². The van der Waals surface area contributed by atoms with Crippen LogP contribution in [0.1, 0.15) is 46.0 Å². The van der Waals surface area contributed by atoms with E-state index in [4.69, 9.17) is 14.2 Å². The van der Waals surface area contributed by atoms with Crippen molar-refractivity contribution in [2.45, 2.75) is 52.0 Å². The van der Waals surface area contributed by atoms with Gasteiger partial charge in [0.15, 0.2) is 0 Å². The van der Waals surface area contributed by atoms with Crippen molar-refractivity contribution in [3.8, 4) is 0 Å². The number of nitrogens with one attached hydrogen (secondary N) is 1. The zero-order valence-corrected chi connectivity index (χ0v) is 14.2. The third-order valence-corrected chi connectivity index (χ3v) is 4.57. The highest BCUT2D eigenvalue weighted by molar-refractivity contribution is 4.84. The molecular formula is C17H35NO3. The first kappa shape index (κ1) is 18.9. The molecule has 1 rings (SSSR count). The van der Waals surface area contributed by atoms with Gasteiger partial charge in [-0.25, -0.2) is 0 Å². The molecule has 3 atom stereocenters. The van der Waals surface area contributed by atoms with E-state index in [0.717, 1.165) is 25.0 Å². The van der Waals surface area contributed by atoms with Crippen molar-refractivity contribution in [3.05, 3.63) is 0 Å². The zero-order chi connectivity index (χ0) is 15.3. The van der Waals surface area contributed by atoms with E-state index in [1.54, 1.807) is 7.11 Å². The predicted molar refractivity (Wildman–Crippen MR) is 86.7 cm³/mol. The van der Waals surface area contributed by atoms with Crippen LogP contribution in [0.25, 0.3) is 0 Å². The summed E-state index contributed by atoms with van der Waals surface area (Å²) in [6, 6.07) is 0.694. The van der Waals surface area contributed by atoms with Gasteiger partial charge in [0.25, 0.3) is 0 Å². The molecule has 21 heavy (non-hydrogen) atoms. The Hall–Kier alpha value is -0.160. The van der Waals surface area contributed by atoms with E-state index in [0.29, 0.717) is 32.5 Å². The Labute approximate surface area is 130 Å². The molecule has 0 aromatic heterocycles. The van der Waals surface area contributed by atoms with Crippen LogP contribution >= 0.6 is 0 Å². The molecule has 0 aliphatic heterocycles. The standard InChI is InChI=1S/C17H35NO3/c1-4-15-6-7-17(18-5-2)16(14-15)8-9-20-12-13-21-11-10-19-3/h15-18H,4-14H2,1-3H3. The summed E-state index contributed by atoms with van der Waals surface area (Å²) >= 11 is 0. The zero-order valence-electron chi connectivity index (χ0n) is 14.2. The third kappa shape index (κ3) is 8.15. The van der Waals surface area contributed by atoms with Gasteiger partial charge in [-0.15, -0.1) is 0 Å². The van der Waals surface area contributed by atoms with Gasteiger partial charge in [-0.3, -0.25) is 0 Å². The summed E-state index contributed by atoms with van der Waals surface area (Å²) in [4.78, 5) is 0. The van der Waals surface area contributed by atoms with E-state index in [9.17, 15) is 0 Å². The van der Waals surface area contributed by atoms with Crippen LogP contribution in [0.5, 0.6) is 0 Å². The maximum Gasteiger partial charge on any atom is 0.0701 e. The van der Waals surface area contributed by atoms with Crippen LogP contribution in [0, 0.1) is 11.8 Å². The van der Waals surface area contributed by atoms with Crippen LogP contribution in [0.2, 0.25) is 0 Å². The molecule has 1 N–H and O–H groups in total. The summed E-state index contributed by atoms with van der Waals surface area (Å²) in [5.74, 6) is 1.69. The molecule has 0 aromatic rings. The molecule has 1 fully saturated rings. The Bertz CT molecular complexity index is 238. The fraction of sp³-hybridized carbons (Fsp3) is 1.00. The first-order chi connectivity index (χ1) is 10.3. The molecule has 0 aromatic carbocycles. The van der Waals surface area contributed by atoms with Gasteiger partial charge < -0.3 is 19.5 Å². The number of rotatable bonds is 12. The topological polar surface area (TPSA) is 39.7 Å². The first-order valence-electron chi connectivity index (χ1n) is 8.69. The molecule has 0 amide bonds. The lowest BCUT2D eigenvalue weighted by Crippen LogP contribution is -2.41. The van der Waals surface area contributed by atoms with E-state index >= 15 is 0 Å². The molecule has 0 radical (unpaired) electrons. The van der Waals surface area contributed by atoms with Crippen LogP contribution in [0.4, 0.5) is 0 Å². The lowest BCUT2D eigenvalue weighted by atomic mass is 9.75. The third-order valence-electron chi connectivity index (χ3n) is 4.57. The van der Waals surface area contributed by atoms with Crippen LogP contribution in [0.3, 0.4) is 0 Å². The van der Waals surface area contributed by atoms with Gasteiger partial charge in [-0.2, -0.15) is 0 Å². The number of hydrogen-bond acceptors (Lipinski definition) is 4. The lowest BCUT2D eigenvalue weighted by Gasteiger charge is -2.36. The highest BCUT2D eigenvalue weighted by Gasteiger charge is 2.28. The summed E-state index contributed by atoms with van der Waals surface area (Å²) in [6.07, 6.45) is 6.58. The summed E-state index contributed by atoms with van der Waals surface area (Å²) in [7, 11) is 1.69. The molecule has 0 saturated heterocycles. The Morgan fingerprint density at radius 3 is 2.33 bits per heavy atom. The monoisotopic (exact) mass is 301 g/mol. The van der Waals surface area contributed by atoms with Gasteiger partial charge in [0.2, 0.25) is 0 Å². The molecule has 126 valence electrons. The highest BCUT2D eigenvalue weighted by Crippen LogP contribution is 2.33. The molecule has 3 unspecified atom stereocenters. The second-order valence-corrected chi connectivity index (χ2v) is 6.02. The smallest absolute Gasteiger partial charge is 0.0701 e. The second-order valence-electron chi connectivity index (χ2n) is 6.02. The SMILES string of the molecule is CCNC1CCC(CC)CC1CCOCCOCCOC. The van der Waals surface area contributed by atoms with E-state index in [2.05, 4.69) is 19.2 Å². The molecule has 1 aliphatic rings. The van der Waals surface area contributed by atoms with Crippen molar-refractivity contribution < 1.29 is 14.2 Å². The average molecular weight is 301 g/mol. The van der Waals surface area contributed by atoms with Crippen molar-refractivity contribution in [2.24, 2.45) is 11.8 Å². The maximum absolute atomic E-state index is 5.72. The van der Waals surface area contributed by atoms with Crippen molar-refractivity contribution in [1.82, 2.24) is 5.32 Å². The van der Waals surface area contributed by atoms with Crippen molar-refractivity contribution in [2.75, 3.05) is 46.7 Å². The van der Waals surface area contributed by atoms with Crippen LogP contribution < -0.4 is 5.32 Å². The summed E-state index contributed by atoms with van der Waals surface area (Å²) < 4.78 is 16.0. The average Bonchev–Trinajstić information content (AvgIpc) is 2.51. The first-order valence-corrected chi connectivity index (χ1v) is 8.69. The summed E-state index contributed by atoms with van der Waals surface area (Å²) in [6.45, 7) is 9.14. The Morgan fingerprint density at radius 1 is 0.952 bits per heavy atom. The summed E-state index contributed by atoms with van der Waals surface area (Å²) in [5.41, 5.74) is 0. The highest BCUT2D eigenvalue weighted by atomic mass is 16.5. The van der Waals surface area contributed by atoms with Gasteiger partial charge in [0.05, 0.1) is 26.4 Å². The van der Waals surface area contributed by atoms with Gasteiger partial charge in [0.1, 0.15) is 0 Å². The van der Waals surface area contributed by atoms with E-state index in [1.165, 1.54) is 32.1 Å². The van der Waals surface area contributed by atoms with E-state index in [1.807, 2.05) is 0 Å². The fourth-order valence-corrected chi connectivity index (χ4v) is 3.28. The lowest BCUT2D eigenvalue weighted by molar-refractivity contribution is 0.0185. The minimum Gasteiger partial charge on any atom is -0.382 e. The molecule has 0 heterocycles. The Morgan fingerprint density at radius 2 is 1.67 bits per heavy atom. The number of hydrogen-bond donors (Lipinski definition) is 1. The van der Waals surface area contributed by atoms with Crippen molar-refractivity contribution >= 4 is 0 Å². The van der Waals surface area contributed by atoms with Gasteiger partial charge in [0, 0.05) is 19.8 Å². The van der Waals surface area contributed by atoms with Gasteiger partial charge >= 0.3 is 0 Å². The quantitative estimate of drug-likeness (QED) is 0.563. The molecular weight excluding hydrogens is 266 g/mol. The van der Waals surface area contributed by atoms with E-state index < -0.39 is 0 Å². The van der Waals surface area contributed by atoms with Gasteiger partial charge in [-0.1, -0.05) is 20.3 Å². The van der Waals surface area contributed by atoms with E-state index in [-0.39, 0.29) is 0 Å².